The van der Waals surface area contributed by atoms with Crippen LogP contribution in [0.5, 0.6) is 0 Å². The van der Waals surface area contributed by atoms with Crippen molar-refractivity contribution in [2.75, 3.05) is 0 Å². The number of benzene rings is 1. The Kier molecular flexibility index (Phi) is 2.92. The topological polar surface area (TPSA) is 74.0 Å². The second kappa shape index (κ2) is 4.37. The Morgan fingerprint density at radius 1 is 1.31 bits per heavy atom. The molecule has 0 saturated heterocycles. The fraction of sp³-hybridized carbons (Fsp3) is 0.250. The van der Waals surface area contributed by atoms with Crippen molar-refractivity contribution in [3.8, 4) is 0 Å². The predicted molar refractivity (Wildman–Crippen MR) is 63.6 cm³/mol. The molecule has 0 aliphatic heterocycles. The molecule has 16 heavy (non-hydrogen) atoms. The fourth-order valence-corrected chi connectivity index (χ4v) is 1.78. The first-order chi connectivity index (χ1) is 7.70. The van der Waals surface area contributed by atoms with Crippen LogP contribution in [0, 0.1) is 0 Å². The van der Waals surface area contributed by atoms with Crippen LogP contribution in [0.4, 0.5) is 0 Å². The van der Waals surface area contributed by atoms with Gasteiger partial charge in [0, 0.05) is 31.2 Å². The van der Waals surface area contributed by atoms with Gasteiger partial charge < -0.3 is 16.0 Å². The lowest BCUT2D eigenvalue weighted by Crippen LogP contribution is -2.13. The first kappa shape index (κ1) is 10.7. The second-order valence-electron chi connectivity index (χ2n) is 3.82. The van der Waals surface area contributed by atoms with Gasteiger partial charge in [-0.15, -0.1) is 0 Å². The molecule has 1 heterocycles. The van der Waals surface area contributed by atoms with Gasteiger partial charge in [-0.2, -0.15) is 0 Å². The molecule has 0 fully saturated rings. The smallest absolute Gasteiger partial charge is 0.219 e. The maximum absolute atomic E-state index is 10.7. The summed E-state index contributed by atoms with van der Waals surface area (Å²) in [5, 5.41) is 1.15. The number of carbonyl (C=O) groups excluding carboxylic acids is 1. The van der Waals surface area contributed by atoms with Crippen LogP contribution < -0.4 is 11.5 Å². The van der Waals surface area contributed by atoms with Gasteiger partial charge in [0.05, 0.1) is 0 Å². The fourth-order valence-electron chi connectivity index (χ4n) is 1.78. The molecule has 0 radical (unpaired) electrons. The molecule has 0 atom stereocenters. The lowest BCUT2D eigenvalue weighted by atomic mass is 10.1. The molecule has 84 valence electrons. The van der Waals surface area contributed by atoms with Gasteiger partial charge >= 0.3 is 0 Å². The van der Waals surface area contributed by atoms with Crippen LogP contribution in [0.1, 0.15) is 12.0 Å². The van der Waals surface area contributed by atoms with E-state index in [9.17, 15) is 4.79 Å². The quantitative estimate of drug-likeness (QED) is 0.801. The normalized spacial score (nSPS) is 10.8. The number of aryl methyl sites for hydroxylation is 1. The standard InChI is InChI=1S/C12H15N3O/c13-8-9-1-2-10-3-5-15(11(10)7-9)6-4-12(14)16/h1-3,5,7H,4,6,8,13H2,(H2,14,16). The summed E-state index contributed by atoms with van der Waals surface area (Å²) in [5.74, 6) is -0.281. The van der Waals surface area contributed by atoms with Crippen molar-refractivity contribution in [3.05, 3.63) is 36.0 Å². The summed E-state index contributed by atoms with van der Waals surface area (Å²) in [6, 6.07) is 8.13. The number of nitrogens with two attached hydrogens (primary N) is 2. The van der Waals surface area contributed by atoms with Crippen molar-refractivity contribution in [3.63, 3.8) is 0 Å². The molecule has 0 aliphatic rings. The maximum Gasteiger partial charge on any atom is 0.219 e. The summed E-state index contributed by atoms with van der Waals surface area (Å²) in [7, 11) is 0. The maximum atomic E-state index is 10.7. The Balaban J connectivity index is 2.34. The van der Waals surface area contributed by atoms with Gasteiger partial charge in [0.1, 0.15) is 0 Å². The summed E-state index contributed by atoms with van der Waals surface area (Å²) in [5.41, 5.74) is 12.9. The number of fused-ring (bicyclic) bond motifs is 1. The summed E-state index contributed by atoms with van der Waals surface area (Å²) in [6.07, 6.45) is 2.32. The highest BCUT2D eigenvalue weighted by atomic mass is 16.1. The third-order valence-corrected chi connectivity index (χ3v) is 2.67. The van der Waals surface area contributed by atoms with Crippen LogP contribution in [0.3, 0.4) is 0 Å². The molecule has 4 heteroatoms. The number of hydrogen-bond donors (Lipinski definition) is 2. The molecule has 0 saturated carbocycles. The minimum atomic E-state index is -0.281. The van der Waals surface area contributed by atoms with E-state index < -0.39 is 0 Å². The van der Waals surface area contributed by atoms with Gasteiger partial charge in [-0.1, -0.05) is 12.1 Å². The van der Waals surface area contributed by atoms with Crippen molar-refractivity contribution < 1.29 is 4.79 Å². The van der Waals surface area contributed by atoms with Crippen LogP contribution in [0.2, 0.25) is 0 Å². The second-order valence-corrected chi connectivity index (χ2v) is 3.82. The zero-order valence-electron chi connectivity index (χ0n) is 9.02. The molecule has 0 bridgehead atoms. The molecule has 4 N–H and O–H groups in total. The van der Waals surface area contributed by atoms with Crippen molar-refractivity contribution in [1.29, 1.82) is 0 Å². The van der Waals surface area contributed by atoms with E-state index in [-0.39, 0.29) is 5.91 Å². The minimum absolute atomic E-state index is 0.281. The number of amides is 1. The van der Waals surface area contributed by atoms with Crippen molar-refractivity contribution in [2.24, 2.45) is 11.5 Å². The highest BCUT2D eigenvalue weighted by molar-refractivity contribution is 5.81. The molecule has 2 rings (SSSR count). The molecule has 2 aromatic rings. The van der Waals surface area contributed by atoms with E-state index in [1.807, 2.05) is 29.0 Å². The Labute approximate surface area is 93.8 Å². The average Bonchev–Trinajstić information content (AvgIpc) is 2.68. The number of hydrogen-bond acceptors (Lipinski definition) is 2. The van der Waals surface area contributed by atoms with Crippen LogP contribution in [0.25, 0.3) is 10.9 Å². The number of aromatic nitrogens is 1. The zero-order chi connectivity index (χ0) is 11.5. The van der Waals surface area contributed by atoms with Gasteiger partial charge in [-0.25, -0.2) is 0 Å². The lowest BCUT2D eigenvalue weighted by Gasteiger charge is -2.04. The van der Waals surface area contributed by atoms with E-state index in [1.54, 1.807) is 0 Å². The lowest BCUT2D eigenvalue weighted by molar-refractivity contribution is -0.118. The third-order valence-electron chi connectivity index (χ3n) is 2.67. The predicted octanol–water partition coefficient (Wildman–Crippen LogP) is 0.975. The van der Waals surface area contributed by atoms with Crippen molar-refractivity contribution in [1.82, 2.24) is 4.57 Å². The van der Waals surface area contributed by atoms with Crippen molar-refractivity contribution >= 4 is 16.8 Å². The Bertz CT molecular complexity index is 516. The summed E-state index contributed by atoms with van der Waals surface area (Å²) < 4.78 is 2.03. The van der Waals surface area contributed by atoms with Crippen LogP contribution in [0.15, 0.2) is 30.5 Å². The number of carbonyl (C=O) groups is 1. The van der Waals surface area contributed by atoms with Crippen molar-refractivity contribution in [2.45, 2.75) is 19.5 Å². The van der Waals surface area contributed by atoms with Crippen LogP contribution in [-0.2, 0) is 17.9 Å². The molecule has 1 amide bonds. The minimum Gasteiger partial charge on any atom is -0.370 e. The monoisotopic (exact) mass is 217 g/mol. The van der Waals surface area contributed by atoms with Crippen LogP contribution in [-0.4, -0.2) is 10.5 Å². The van der Waals surface area contributed by atoms with Gasteiger partial charge in [-0.3, -0.25) is 4.79 Å². The SMILES string of the molecule is NCc1ccc2ccn(CCC(N)=O)c2c1. The summed E-state index contributed by atoms with van der Waals surface area (Å²) in [4.78, 5) is 10.7. The first-order valence-corrected chi connectivity index (χ1v) is 5.27. The number of primary amides is 1. The third kappa shape index (κ3) is 2.06. The Hall–Kier alpha value is -1.81. The number of rotatable bonds is 4. The van der Waals surface area contributed by atoms with E-state index in [0.717, 1.165) is 16.5 Å². The highest BCUT2D eigenvalue weighted by Crippen LogP contribution is 2.17. The Morgan fingerprint density at radius 3 is 2.81 bits per heavy atom. The van der Waals surface area contributed by atoms with Gasteiger partial charge in [0.25, 0.3) is 0 Å². The molecule has 0 spiro atoms. The highest BCUT2D eigenvalue weighted by Gasteiger charge is 2.03. The molecule has 1 aromatic carbocycles. The first-order valence-electron chi connectivity index (χ1n) is 5.27. The number of nitrogens with zero attached hydrogens (tertiary/aromatic N) is 1. The molecular formula is C12H15N3O. The Morgan fingerprint density at radius 2 is 2.12 bits per heavy atom. The molecule has 4 nitrogen and oxygen atoms in total. The van der Waals surface area contributed by atoms with E-state index in [4.69, 9.17) is 11.5 Å². The zero-order valence-corrected chi connectivity index (χ0v) is 9.02. The molecule has 0 aliphatic carbocycles. The summed E-state index contributed by atoms with van der Waals surface area (Å²) >= 11 is 0. The molecule has 0 unspecified atom stereocenters. The van der Waals surface area contributed by atoms with Gasteiger partial charge in [0.2, 0.25) is 5.91 Å². The largest absolute Gasteiger partial charge is 0.370 e. The van der Waals surface area contributed by atoms with E-state index in [2.05, 4.69) is 6.07 Å². The van der Waals surface area contributed by atoms with Crippen LogP contribution >= 0.6 is 0 Å². The van der Waals surface area contributed by atoms with E-state index >= 15 is 0 Å². The molecule has 1 aromatic heterocycles. The molecular weight excluding hydrogens is 202 g/mol. The summed E-state index contributed by atoms with van der Waals surface area (Å²) in [6.45, 7) is 1.14. The van der Waals surface area contributed by atoms with E-state index in [1.165, 1.54) is 0 Å². The van der Waals surface area contributed by atoms with Gasteiger partial charge in [-0.05, 0) is 23.1 Å². The average molecular weight is 217 g/mol. The van der Waals surface area contributed by atoms with Gasteiger partial charge in [0.15, 0.2) is 0 Å². The van der Waals surface area contributed by atoms with E-state index in [0.29, 0.717) is 19.5 Å².